The molecule has 0 aromatic carbocycles. The maximum Gasteiger partial charge on any atom is 0.135 e. The standard InChI is InChI=1S/C10H15N3O/c1-8-6-11-10(12-8)7-13-4-2-9(14)3-5-13/h6H,2-5,7H2,1H3,(H,11,12). The largest absolute Gasteiger partial charge is 0.345 e. The lowest BCUT2D eigenvalue weighted by Gasteiger charge is -2.24. The predicted molar refractivity (Wildman–Crippen MR) is 52.8 cm³/mol. The molecule has 1 aromatic heterocycles. The highest BCUT2D eigenvalue weighted by Gasteiger charge is 2.16. The number of nitrogens with one attached hydrogen (secondary N) is 1. The summed E-state index contributed by atoms with van der Waals surface area (Å²) in [5, 5.41) is 0. The van der Waals surface area contributed by atoms with Crippen molar-refractivity contribution in [1.29, 1.82) is 0 Å². The second-order valence-corrected chi connectivity index (χ2v) is 3.83. The summed E-state index contributed by atoms with van der Waals surface area (Å²) in [6, 6.07) is 0. The lowest BCUT2D eigenvalue weighted by atomic mass is 10.1. The van der Waals surface area contributed by atoms with Crippen LogP contribution in [0, 0.1) is 6.92 Å². The van der Waals surface area contributed by atoms with Gasteiger partial charge < -0.3 is 4.98 Å². The van der Waals surface area contributed by atoms with E-state index in [0.717, 1.165) is 31.2 Å². The summed E-state index contributed by atoms with van der Waals surface area (Å²) in [5.74, 6) is 1.38. The van der Waals surface area contributed by atoms with Crippen molar-refractivity contribution in [2.24, 2.45) is 0 Å². The first kappa shape index (κ1) is 9.40. The van der Waals surface area contributed by atoms with Crippen LogP contribution in [-0.4, -0.2) is 33.7 Å². The van der Waals surface area contributed by atoms with E-state index in [4.69, 9.17) is 0 Å². The van der Waals surface area contributed by atoms with Crippen molar-refractivity contribution >= 4 is 5.78 Å². The molecule has 0 atom stereocenters. The van der Waals surface area contributed by atoms with Crippen LogP contribution in [0.15, 0.2) is 6.20 Å². The van der Waals surface area contributed by atoms with Gasteiger partial charge in [-0.15, -0.1) is 0 Å². The maximum atomic E-state index is 11.0. The first-order valence-corrected chi connectivity index (χ1v) is 4.98. The molecule has 1 aliphatic heterocycles. The summed E-state index contributed by atoms with van der Waals surface area (Å²) in [5.41, 5.74) is 1.09. The van der Waals surface area contributed by atoms with Gasteiger partial charge in [0.1, 0.15) is 11.6 Å². The molecule has 1 saturated heterocycles. The Bertz CT molecular complexity index is 322. The number of rotatable bonds is 2. The van der Waals surface area contributed by atoms with Gasteiger partial charge >= 0.3 is 0 Å². The molecule has 4 heteroatoms. The zero-order valence-electron chi connectivity index (χ0n) is 8.42. The van der Waals surface area contributed by atoms with E-state index in [9.17, 15) is 4.79 Å². The van der Waals surface area contributed by atoms with Crippen LogP contribution < -0.4 is 0 Å². The lowest BCUT2D eigenvalue weighted by Crippen LogP contribution is -2.33. The average Bonchev–Trinajstić information content (AvgIpc) is 2.56. The minimum atomic E-state index is 0.386. The van der Waals surface area contributed by atoms with Gasteiger partial charge in [-0.05, 0) is 6.92 Å². The third-order valence-corrected chi connectivity index (χ3v) is 2.54. The quantitative estimate of drug-likeness (QED) is 0.758. The van der Waals surface area contributed by atoms with Crippen molar-refractivity contribution in [2.45, 2.75) is 26.3 Å². The summed E-state index contributed by atoms with van der Waals surface area (Å²) >= 11 is 0. The molecule has 4 nitrogen and oxygen atoms in total. The highest BCUT2D eigenvalue weighted by Crippen LogP contribution is 2.08. The van der Waals surface area contributed by atoms with E-state index in [1.165, 1.54) is 0 Å². The van der Waals surface area contributed by atoms with E-state index < -0.39 is 0 Å². The van der Waals surface area contributed by atoms with Crippen LogP contribution in [-0.2, 0) is 11.3 Å². The molecule has 0 bridgehead atoms. The van der Waals surface area contributed by atoms with Crippen molar-refractivity contribution in [3.05, 3.63) is 17.7 Å². The SMILES string of the molecule is Cc1cnc(CN2CCC(=O)CC2)[nH]1. The number of carbonyl (C=O) groups excluding carboxylic acids is 1. The monoisotopic (exact) mass is 193 g/mol. The molecule has 1 aromatic rings. The fraction of sp³-hybridized carbons (Fsp3) is 0.600. The predicted octanol–water partition coefficient (Wildman–Crippen LogP) is 0.883. The number of ketones is 1. The molecule has 1 fully saturated rings. The van der Waals surface area contributed by atoms with Crippen LogP contribution in [0.25, 0.3) is 0 Å². The van der Waals surface area contributed by atoms with Gasteiger partial charge in [0, 0.05) is 37.8 Å². The van der Waals surface area contributed by atoms with Gasteiger partial charge in [0.2, 0.25) is 0 Å². The number of nitrogens with zero attached hydrogens (tertiary/aromatic N) is 2. The Kier molecular flexibility index (Phi) is 2.63. The van der Waals surface area contributed by atoms with Gasteiger partial charge in [0.25, 0.3) is 0 Å². The summed E-state index contributed by atoms with van der Waals surface area (Å²) < 4.78 is 0. The Morgan fingerprint density at radius 2 is 2.21 bits per heavy atom. The molecule has 76 valence electrons. The smallest absolute Gasteiger partial charge is 0.135 e. The second kappa shape index (κ2) is 3.92. The van der Waals surface area contributed by atoms with Gasteiger partial charge in [0.15, 0.2) is 0 Å². The van der Waals surface area contributed by atoms with Crippen molar-refractivity contribution in [3.8, 4) is 0 Å². The minimum absolute atomic E-state index is 0.386. The highest BCUT2D eigenvalue weighted by molar-refractivity contribution is 5.79. The van der Waals surface area contributed by atoms with Crippen LogP contribution in [0.5, 0.6) is 0 Å². The molecule has 1 aliphatic rings. The summed E-state index contributed by atoms with van der Waals surface area (Å²) in [7, 11) is 0. The Hall–Kier alpha value is -1.16. The number of piperidine rings is 1. The van der Waals surface area contributed by atoms with Crippen LogP contribution in [0.1, 0.15) is 24.4 Å². The van der Waals surface area contributed by atoms with E-state index in [1.807, 2.05) is 13.1 Å². The molecule has 2 heterocycles. The number of likely N-dealkylation sites (tertiary alicyclic amines) is 1. The van der Waals surface area contributed by atoms with E-state index >= 15 is 0 Å². The fourth-order valence-electron chi connectivity index (χ4n) is 1.72. The van der Waals surface area contributed by atoms with Gasteiger partial charge in [-0.1, -0.05) is 0 Å². The number of Topliss-reactive ketones (excluding diaryl/α,β-unsaturated/α-hetero) is 1. The molecule has 0 unspecified atom stereocenters. The zero-order valence-corrected chi connectivity index (χ0v) is 8.42. The molecule has 14 heavy (non-hydrogen) atoms. The van der Waals surface area contributed by atoms with Crippen molar-refractivity contribution in [3.63, 3.8) is 0 Å². The minimum Gasteiger partial charge on any atom is -0.345 e. The van der Waals surface area contributed by atoms with E-state index in [-0.39, 0.29) is 0 Å². The lowest BCUT2D eigenvalue weighted by molar-refractivity contribution is -0.121. The fourth-order valence-corrected chi connectivity index (χ4v) is 1.72. The third kappa shape index (κ3) is 2.20. The molecule has 0 saturated carbocycles. The molecule has 0 radical (unpaired) electrons. The number of hydrogen-bond acceptors (Lipinski definition) is 3. The summed E-state index contributed by atoms with van der Waals surface area (Å²) in [4.78, 5) is 20.7. The summed E-state index contributed by atoms with van der Waals surface area (Å²) in [6.45, 7) is 4.58. The molecular formula is C10H15N3O. The van der Waals surface area contributed by atoms with Crippen molar-refractivity contribution in [1.82, 2.24) is 14.9 Å². The molecular weight excluding hydrogens is 178 g/mol. The van der Waals surface area contributed by atoms with Crippen LogP contribution in [0.4, 0.5) is 0 Å². The number of aromatic amines is 1. The van der Waals surface area contributed by atoms with Crippen molar-refractivity contribution < 1.29 is 4.79 Å². The third-order valence-electron chi connectivity index (χ3n) is 2.54. The Morgan fingerprint density at radius 3 is 2.79 bits per heavy atom. The van der Waals surface area contributed by atoms with E-state index in [1.54, 1.807) is 0 Å². The molecule has 0 amide bonds. The van der Waals surface area contributed by atoms with Gasteiger partial charge in [0.05, 0.1) is 6.54 Å². The molecule has 0 spiro atoms. The number of aromatic nitrogens is 2. The average molecular weight is 193 g/mol. The summed E-state index contributed by atoms with van der Waals surface area (Å²) in [6.07, 6.45) is 3.23. The number of hydrogen-bond donors (Lipinski definition) is 1. The number of imidazole rings is 1. The Balaban J connectivity index is 1.89. The van der Waals surface area contributed by atoms with E-state index in [0.29, 0.717) is 18.6 Å². The number of aryl methyl sites for hydroxylation is 1. The normalized spacial score (nSPS) is 18.8. The van der Waals surface area contributed by atoms with Crippen LogP contribution in [0.2, 0.25) is 0 Å². The zero-order chi connectivity index (χ0) is 9.97. The number of carbonyl (C=O) groups is 1. The van der Waals surface area contributed by atoms with Gasteiger partial charge in [-0.2, -0.15) is 0 Å². The van der Waals surface area contributed by atoms with Gasteiger partial charge in [-0.25, -0.2) is 4.98 Å². The Labute approximate surface area is 83.3 Å². The topological polar surface area (TPSA) is 49.0 Å². The molecule has 1 N–H and O–H groups in total. The molecule has 0 aliphatic carbocycles. The second-order valence-electron chi connectivity index (χ2n) is 3.83. The van der Waals surface area contributed by atoms with Crippen LogP contribution >= 0.6 is 0 Å². The highest BCUT2D eigenvalue weighted by atomic mass is 16.1. The maximum absolute atomic E-state index is 11.0. The first-order chi connectivity index (χ1) is 6.74. The van der Waals surface area contributed by atoms with Gasteiger partial charge in [-0.3, -0.25) is 9.69 Å². The first-order valence-electron chi connectivity index (χ1n) is 4.98. The van der Waals surface area contributed by atoms with Crippen LogP contribution in [0.3, 0.4) is 0 Å². The van der Waals surface area contributed by atoms with Crippen molar-refractivity contribution in [2.75, 3.05) is 13.1 Å². The molecule has 2 rings (SSSR count). The van der Waals surface area contributed by atoms with E-state index in [2.05, 4.69) is 14.9 Å². The number of H-pyrrole nitrogens is 1. The Morgan fingerprint density at radius 1 is 1.50 bits per heavy atom.